The number of likely N-dealkylation sites (tertiary alicyclic amines) is 2. The van der Waals surface area contributed by atoms with Crippen molar-refractivity contribution in [2.45, 2.75) is 98.6 Å². The van der Waals surface area contributed by atoms with Crippen molar-refractivity contribution in [2.75, 3.05) is 26.2 Å². The molecule has 2 N–H and O–H groups in total. The van der Waals surface area contributed by atoms with E-state index in [2.05, 4.69) is 39.8 Å². The molecule has 8 nitrogen and oxygen atoms in total. The maximum atomic E-state index is 13.9. The van der Waals surface area contributed by atoms with Gasteiger partial charge < -0.3 is 20.0 Å². The van der Waals surface area contributed by atoms with Crippen LogP contribution >= 0.6 is 58.2 Å². The number of carboxylic acids is 2. The first-order valence-electron chi connectivity index (χ1n) is 22.4. The summed E-state index contributed by atoms with van der Waals surface area (Å²) in [5.74, 6) is -3.55. The van der Waals surface area contributed by atoms with E-state index in [-0.39, 0.29) is 60.4 Å². The summed E-state index contributed by atoms with van der Waals surface area (Å²) in [6.07, 6.45) is 11.8. The molecule has 0 spiro atoms. The minimum absolute atomic E-state index is 0.0264. The van der Waals surface area contributed by atoms with Gasteiger partial charge in [0.25, 0.3) is 0 Å². The summed E-state index contributed by atoms with van der Waals surface area (Å²) >= 11 is 33.3. The minimum Gasteiger partial charge on any atom is -0.481 e. The van der Waals surface area contributed by atoms with Crippen molar-refractivity contribution >= 4 is 81.9 Å². The van der Waals surface area contributed by atoms with Crippen LogP contribution in [0.15, 0.2) is 93.8 Å². The molecule has 4 aliphatic carbocycles. The molecule has 0 aromatic heterocycles. The van der Waals surface area contributed by atoms with Crippen molar-refractivity contribution in [2.24, 2.45) is 35.5 Å². The highest BCUT2D eigenvalue weighted by Crippen LogP contribution is 2.64. The third-order valence-electron chi connectivity index (χ3n) is 14.3. The quantitative estimate of drug-likeness (QED) is 0.204. The molecular formula is C50H56Cl4N2O6S. The van der Waals surface area contributed by atoms with Crippen molar-refractivity contribution < 1.29 is 29.4 Å². The summed E-state index contributed by atoms with van der Waals surface area (Å²) in [7, 11) is 0. The molecule has 4 fully saturated rings. The van der Waals surface area contributed by atoms with E-state index in [1.54, 1.807) is 9.80 Å². The maximum absolute atomic E-state index is 13.9. The van der Waals surface area contributed by atoms with Crippen LogP contribution in [0, 0.1) is 35.5 Å². The Kier molecular flexibility index (Phi) is 13.4. The number of amides is 2. The molecule has 2 heterocycles. The first-order valence-corrected chi connectivity index (χ1v) is 24.8. The summed E-state index contributed by atoms with van der Waals surface area (Å²) in [4.78, 5) is 53.9. The van der Waals surface area contributed by atoms with E-state index in [1.165, 1.54) is 11.8 Å². The topological polar surface area (TPSA) is 115 Å². The zero-order valence-electron chi connectivity index (χ0n) is 36.1. The van der Waals surface area contributed by atoms with E-state index in [4.69, 9.17) is 46.4 Å². The lowest BCUT2D eigenvalue weighted by Gasteiger charge is -2.44. The van der Waals surface area contributed by atoms with Crippen molar-refractivity contribution in [1.29, 1.82) is 0 Å². The summed E-state index contributed by atoms with van der Waals surface area (Å²) < 4.78 is 0. The van der Waals surface area contributed by atoms with Crippen molar-refractivity contribution in [3.63, 3.8) is 0 Å². The Bertz CT molecular complexity index is 2150. The van der Waals surface area contributed by atoms with Crippen LogP contribution in [0.3, 0.4) is 0 Å². The summed E-state index contributed by atoms with van der Waals surface area (Å²) in [6, 6.07) is 16.2. The van der Waals surface area contributed by atoms with E-state index < -0.39 is 44.3 Å². The Hall–Kier alpha value is -3.21. The molecule has 2 aliphatic heterocycles. The van der Waals surface area contributed by atoms with Gasteiger partial charge in [-0.1, -0.05) is 112 Å². The van der Waals surface area contributed by atoms with Crippen molar-refractivity contribution in [3.8, 4) is 0 Å². The normalized spacial score (nSPS) is 33.0. The number of rotatable bonds is 12. The molecule has 0 bridgehead atoms. The van der Waals surface area contributed by atoms with Crippen LogP contribution in [-0.4, -0.2) is 80.7 Å². The fourth-order valence-corrected chi connectivity index (χ4v) is 13.8. The second kappa shape index (κ2) is 18.2. The van der Waals surface area contributed by atoms with E-state index in [9.17, 15) is 29.4 Å². The van der Waals surface area contributed by atoms with Crippen molar-refractivity contribution in [1.82, 2.24) is 9.80 Å². The van der Waals surface area contributed by atoms with Crippen molar-refractivity contribution in [3.05, 3.63) is 116 Å². The van der Waals surface area contributed by atoms with Gasteiger partial charge >= 0.3 is 11.9 Å². The second-order valence-corrected chi connectivity index (χ2v) is 22.1. The third-order valence-corrected chi connectivity index (χ3v) is 18.5. The Balaban J connectivity index is 1.17. The number of halogens is 4. The fraction of sp³-hybridized carbons (Fsp3) is 0.520. The van der Waals surface area contributed by atoms with Gasteiger partial charge in [-0.15, -0.1) is 46.4 Å². The second-order valence-electron chi connectivity index (χ2n) is 19.0. The lowest BCUT2D eigenvalue weighted by molar-refractivity contribution is -0.147. The fourth-order valence-electron chi connectivity index (χ4n) is 10.5. The maximum Gasteiger partial charge on any atom is 0.308 e. The van der Waals surface area contributed by atoms with Gasteiger partial charge in [-0.3, -0.25) is 19.2 Å². The van der Waals surface area contributed by atoms with Crippen LogP contribution < -0.4 is 0 Å². The van der Waals surface area contributed by atoms with Crippen LogP contribution in [0.1, 0.15) is 100 Å². The molecule has 10 atom stereocenters. The molecule has 6 aliphatic rings. The molecule has 2 aromatic carbocycles. The van der Waals surface area contributed by atoms with E-state index >= 15 is 0 Å². The van der Waals surface area contributed by atoms with Gasteiger partial charge in [0.1, 0.15) is 9.75 Å². The van der Waals surface area contributed by atoms with Gasteiger partial charge in [-0.2, -0.15) is 0 Å². The number of hydrogen-bond acceptors (Lipinski definition) is 5. The highest BCUT2D eigenvalue weighted by molar-refractivity contribution is 8.07. The number of piperidine rings is 2. The minimum atomic E-state index is -1.27. The Labute approximate surface area is 395 Å². The van der Waals surface area contributed by atoms with Gasteiger partial charge in [-0.25, -0.2) is 0 Å². The van der Waals surface area contributed by atoms with Crippen LogP contribution in [0.25, 0.3) is 0 Å². The number of alkyl halides is 4. The van der Waals surface area contributed by atoms with E-state index in [0.29, 0.717) is 51.6 Å². The van der Waals surface area contributed by atoms with Gasteiger partial charge in [0, 0.05) is 47.8 Å². The lowest BCUT2D eigenvalue weighted by atomic mass is 9.80. The number of hydrogen-bond donors (Lipinski definition) is 2. The molecule has 2 aromatic rings. The highest BCUT2D eigenvalue weighted by Gasteiger charge is 2.58. The average Bonchev–Trinajstić information content (AvgIpc) is 4.23. The van der Waals surface area contributed by atoms with Crippen LogP contribution in [0.4, 0.5) is 0 Å². The molecular weight excluding hydrogens is 898 g/mol. The predicted octanol–water partition coefficient (Wildman–Crippen LogP) is 11.0. The molecule has 0 radical (unpaired) electrons. The Morgan fingerprint density at radius 2 is 1.02 bits per heavy atom. The predicted molar refractivity (Wildman–Crippen MR) is 252 cm³/mol. The van der Waals surface area contributed by atoms with Gasteiger partial charge in [0.15, 0.2) is 0 Å². The number of carbonyl (C=O) groups excluding carboxylic acids is 2. The van der Waals surface area contributed by atoms with E-state index in [1.807, 2.05) is 60.7 Å². The highest BCUT2D eigenvalue weighted by atomic mass is 35.5. The van der Waals surface area contributed by atoms with Gasteiger partial charge in [-0.05, 0) is 95.6 Å². The Morgan fingerprint density at radius 3 is 1.38 bits per heavy atom. The number of carboxylic acid groups (broad SMARTS) is 2. The summed E-state index contributed by atoms with van der Waals surface area (Å²) in [5.41, 5.74) is 5.60. The largest absolute Gasteiger partial charge is 0.481 e. The van der Waals surface area contributed by atoms with Crippen LogP contribution in [0.5, 0.6) is 0 Å². The number of thioether (sulfide) groups is 1. The number of nitrogens with zero attached hydrogens (tertiary/aromatic N) is 2. The first-order chi connectivity index (χ1) is 30.0. The Morgan fingerprint density at radius 1 is 0.635 bits per heavy atom. The van der Waals surface area contributed by atoms with Crippen LogP contribution in [-0.2, 0) is 28.9 Å². The molecule has 13 heteroatoms. The number of benzene rings is 2. The molecule has 2 saturated heterocycles. The van der Waals surface area contributed by atoms with Crippen LogP contribution in [0.2, 0.25) is 0 Å². The van der Waals surface area contributed by atoms with E-state index in [0.717, 1.165) is 43.2 Å². The molecule has 63 heavy (non-hydrogen) atoms. The molecule has 336 valence electrons. The molecule has 2 saturated carbocycles. The summed E-state index contributed by atoms with van der Waals surface area (Å²) in [5, 5.41) is 17.9. The monoisotopic (exact) mass is 952 g/mol. The standard InChI is InChI=1S/C50H56Cl4N2O6S/c1-27(2)31-13-5-7-15-39(31)49(53)41(19-17-33(43(49)51)35-23-37(35)45(57)55-21-9-11-29(25-55)47(59)60)63-42-20-18-34(44(52)50(42,54)40-16-8-6-14-32(40)28(3)4)36-24-38(36)46(58)56-22-10-12-30(26-56)48(61)62/h5-8,13-20,27-30,35-38,43-44H,9-12,21-26H2,1-4H3,(H,59,60)(H,61,62). The number of aliphatic carboxylic acids is 2. The summed E-state index contributed by atoms with van der Waals surface area (Å²) in [6.45, 7) is 10.1. The lowest BCUT2D eigenvalue weighted by Crippen LogP contribution is -2.43. The number of carbonyl (C=O) groups is 4. The molecule has 2 amide bonds. The molecule has 10 unspecified atom stereocenters. The van der Waals surface area contributed by atoms with Gasteiger partial charge in [0.2, 0.25) is 11.8 Å². The average molecular weight is 955 g/mol. The zero-order valence-corrected chi connectivity index (χ0v) is 40.0. The zero-order chi connectivity index (χ0) is 45.1. The number of allylic oxidation sites excluding steroid dienone is 8. The SMILES string of the molecule is CC(C)c1ccccc1C1(Cl)C(SC2=CC=C(C3CC3C(=O)N3CCCC(C(=O)O)C3)C(Cl)C2(Cl)c2ccccc2C(C)C)=CC=C(C2CC2C(=O)N2CCCC(C(=O)O)C2)C1Cl. The first kappa shape index (κ1) is 46.3. The van der Waals surface area contributed by atoms with Gasteiger partial charge in [0.05, 0.1) is 22.6 Å². The molecule has 8 rings (SSSR count). The smallest absolute Gasteiger partial charge is 0.308 e. The third kappa shape index (κ3) is 8.56.